The van der Waals surface area contributed by atoms with Crippen LogP contribution in [0.15, 0.2) is 30.6 Å². The lowest BCUT2D eigenvalue weighted by atomic mass is 10.0. The fraction of sp³-hybridized carbons (Fsp3) is 0.400. The van der Waals surface area contributed by atoms with Crippen LogP contribution in [-0.2, 0) is 4.74 Å². The van der Waals surface area contributed by atoms with Crippen LogP contribution >= 0.6 is 0 Å². The van der Waals surface area contributed by atoms with E-state index in [1.807, 2.05) is 18.2 Å². The van der Waals surface area contributed by atoms with Gasteiger partial charge in [-0.15, -0.1) is 0 Å². The summed E-state index contributed by atoms with van der Waals surface area (Å²) in [5.41, 5.74) is 7.74. The van der Waals surface area contributed by atoms with Crippen molar-refractivity contribution in [3.8, 4) is 0 Å². The minimum Gasteiger partial charge on any atom is -0.382 e. The monoisotopic (exact) mass is 300 g/mol. The molecule has 3 heterocycles. The van der Waals surface area contributed by atoms with Crippen molar-refractivity contribution >= 4 is 17.5 Å². The molecule has 4 N–H and O–H groups in total. The molecule has 0 radical (unpaired) electrons. The van der Waals surface area contributed by atoms with Crippen molar-refractivity contribution in [3.63, 3.8) is 0 Å². The molecule has 0 bridgehead atoms. The van der Waals surface area contributed by atoms with Gasteiger partial charge < -0.3 is 21.1 Å². The number of nitrogens with two attached hydrogens (primary N) is 1. The Bertz CT molecular complexity index is 600. The lowest BCUT2D eigenvalue weighted by Gasteiger charge is -2.12. The SMILES string of the molecule is Nc1nc(NCCNc2cccnc2)cc([C@@H]2CCOC2)n1. The number of aromatic nitrogens is 3. The van der Waals surface area contributed by atoms with Crippen molar-refractivity contribution in [3.05, 3.63) is 36.3 Å². The summed E-state index contributed by atoms with van der Waals surface area (Å²) >= 11 is 0. The molecule has 7 nitrogen and oxygen atoms in total. The maximum atomic E-state index is 5.80. The second-order valence-electron chi connectivity index (χ2n) is 5.19. The largest absolute Gasteiger partial charge is 0.382 e. The molecule has 1 fully saturated rings. The lowest BCUT2D eigenvalue weighted by Crippen LogP contribution is -2.16. The van der Waals surface area contributed by atoms with Crippen LogP contribution in [0, 0.1) is 0 Å². The van der Waals surface area contributed by atoms with Crippen LogP contribution in [0.4, 0.5) is 17.5 Å². The Morgan fingerprint density at radius 2 is 2.18 bits per heavy atom. The number of ether oxygens (including phenoxy) is 1. The van der Waals surface area contributed by atoms with E-state index in [2.05, 4.69) is 25.6 Å². The predicted octanol–water partition coefficient (Wildman–Crippen LogP) is 1.48. The first-order chi connectivity index (χ1) is 10.8. The molecule has 7 heteroatoms. The topological polar surface area (TPSA) is 98.0 Å². The van der Waals surface area contributed by atoms with Crippen LogP contribution in [0.2, 0.25) is 0 Å². The maximum Gasteiger partial charge on any atom is 0.222 e. The zero-order valence-corrected chi connectivity index (χ0v) is 12.3. The number of nitrogens with zero attached hydrogens (tertiary/aromatic N) is 3. The summed E-state index contributed by atoms with van der Waals surface area (Å²) in [7, 11) is 0. The van der Waals surface area contributed by atoms with E-state index < -0.39 is 0 Å². The van der Waals surface area contributed by atoms with E-state index in [0.717, 1.165) is 43.3 Å². The third kappa shape index (κ3) is 3.82. The molecule has 1 aliphatic rings. The van der Waals surface area contributed by atoms with Gasteiger partial charge in [0.15, 0.2) is 0 Å². The van der Waals surface area contributed by atoms with Crippen LogP contribution < -0.4 is 16.4 Å². The Kier molecular flexibility index (Phi) is 4.65. The highest BCUT2D eigenvalue weighted by Gasteiger charge is 2.20. The molecule has 0 unspecified atom stereocenters. The summed E-state index contributed by atoms with van der Waals surface area (Å²) < 4.78 is 5.40. The van der Waals surface area contributed by atoms with Gasteiger partial charge in [-0.2, -0.15) is 4.98 Å². The predicted molar refractivity (Wildman–Crippen MR) is 85.8 cm³/mol. The Hall–Kier alpha value is -2.41. The highest BCUT2D eigenvalue weighted by molar-refractivity contribution is 5.43. The van der Waals surface area contributed by atoms with Gasteiger partial charge in [-0.1, -0.05) is 0 Å². The summed E-state index contributed by atoms with van der Waals surface area (Å²) in [6.45, 7) is 2.98. The third-order valence-electron chi connectivity index (χ3n) is 3.53. The number of rotatable bonds is 6. The Balaban J connectivity index is 1.53. The first kappa shape index (κ1) is 14.5. The van der Waals surface area contributed by atoms with E-state index in [1.165, 1.54) is 0 Å². The summed E-state index contributed by atoms with van der Waals surface area (Å²) in [6.07, 6.45) is 4.53. The lowest BCUT2D eigenvalue weighted by molar-refractivity contribution is 0.193. The number of nitrogen functional groups attached to an aromatic ring is 1. The standard InChI is InChI=1S/C15H20N6O/c16-15-20-13(11-3-7-22-10-11)8-14(21-15)19-6-5-18-12-2-1-4-17-9-12/h1-2,4,8-9,11,18H,3,5-7,10H2,(H3,16,19,20,21)/t11-/m1/s1. The average Bonchev–Trinajstić information content (AvgIpc) is 3.07. The molecule has 0 saturated carbocycles. The number of anilines is 3. The van der Waals surface area contributed by atoms with Crippen molar-refractivity contribution in [2.24, 2.45) is 0 Å². The zero-order valence-electron chi connectivity index (χ0n) is 12.3. The molecular weight excluding hydrogens is 280 g/mol. The van der Waals surface area contributed by atoms with Crippen LogP contribution in [-0.4, -0.2) is 41.3 Å². The van der Waals surface area contributed by atoms with E-state index >= 15 is 0 Å². The van der Waals surface area contributed by atoms with Crippen molar-refractivity contribution in [1.29, 1.82) is 0 Å². The molecule has 22 heavy (non-hydrogen) atoms. The van der Waals surface area contributed by atoms with Crippen molar-refractivity contribution in [2.75, 3.05) is 42.7 Å². The summed E-state index contributed by atoms with van der Waals surface area (Å²) in [5, 5.41) is 6.54. The van der Waals surface area contributed by atoms with Crippen LogP contribution in [0.3, 0.4) is 0 Å². The normalized spacial score (nSPS) is 17.4. The molecule has 3 rings (SSSR count). The molecule has 2 aromatic rings. The smallest absolute Gasteiger partial charge is 0.222 e. The molecular formula is C15H20N6O. The molecule has 116 valence electrons. The second kappa shape index (κ2) is 7.04. The fourth-order valence-electron chi connectivity index (χ4n) is 2.42. The summed E-state index contributed by atoms with van der Waals surface area (Å²) in [4.78, 5) is 12.6. The van der Waals surface area contributed by atoms with Gasteiger partial charge in [0.1, 0.15) is 5.82 Å². The van der Waals surface area contributed by atoms with Gasteiger partial charge in [0, 0.05) is 44.1 Å². The average molecular weight is 300 g/mol. The van der Waals surface area contributed by atoms with Crippen LogP contribution in [0.5, 0.6) is 0 Å². The van der Waals surface area contributed by atoms with Crippen LogP contribution in [0.25, 0.3) is 0 Å². The Morgan fingerprint density at radius 1 is 1.27 bits per heavy atom. The number of hydrogen-bond acceptors (Lipinski definition) is 7. The van der Waals surface area contributed by atoms with E-state index in [1.54, 1.807) is 12.4 Å². The van der Waals surface area contributed by atoms with Gasteiger partial charge in [0.2, 0.25) is 5.95 Å². The molecule has 2 aromatic heterocycles. The van der Waals surface area contributed by atoms with Crippen molar-refractivity contribution in [2.45, 2.75) is 12.3 Å². The minimum absolute atomic E-state index is 0.298. The quantitative estimate of drug-likeness (QED) is 0.695. The summed E-state index contributed by atoms with van der Waals surface area (Å²) in [5.74, 6) is 1.37. The zero-order chi connectivity index (χ0) is 15.2. The van der Waals surface area contributed by atoms with Gasteiger partial charge >= 0.3 is 0 Å². The first-order valence-corrected chi connectivity index (χ1v) is 7.41. The van der Waals surface area contributed by atoms with Gasteiger partial charge in [0.25, 0.3) is 0 Å². The Labute approximate surface area is 129 Å². The summed E-state index contributed by atoms with van der Waals surface area (Å²) in [6, 6.07) is 5.84. The van der Waals surface area contributed by atoms with Gasteiger partial charge in [-0.3, -0.25) is 4.98 Å². The second-order valence-corrected chi connectivity index (χ2v) is 5.19. The van der Waals surface area contributed by atoms with E-state index in [-0.39, 0.29) is 0 Å². The molecule has 1 aliphatic heterocycles. The van der Waals surface area contributed by atoms with E-state index in [4.69, 9.17) is 10.5 Å². The van der Waals surface area contributed by atoms with Gasteiger partial charge in [-0.05, 0) is 18.6 Å². The molecule has 0 amide bonds. The highest BCUT2D eigenvalue weighted by atomic mass is 16.5. The number of hydrogen-bond donors (Lipinski definition) is 3. The minimum atomic E-state index is 0.298. The van der Waals surface area contributed by atoms with Crippen molar-refractivity contribution < 1.29 is 4.74 Å². The van der Waals surface area contributed by atoms with E-state index in [0.29, 0.717) is 18.5 Å². The number of pyridine rings is 1. The maximum absolute atomic E-state index is 5.80. The fourth-order valence-corrected chi connectivity index (χ4v) is 2.42. The first-order valence-electron chi connectivity index (χ1n) is 7.41. The molecule has 0 aliphatic carbocycles. The van der Waals surface area contributed by atoms with Gasteiger partial charge in [-0.25, -0.2) is 4.98 Å². The number of nitrogens with one attached hydrogen (secondary N) is 2. The Morgan fingerprint density at radius 3 is 2.95 bits per heavy atom. The van der Waals surface area contributed by atoms with E-state index in [9.17, 15) is 0 Å². The molecule has 1 atom stereocenters. The highest BCUT2D eigenvalue weighted by Crippen LogP contribution is 2.25. The van der Waals surface area contributed by atoms with Gasteiger partial charge in [0.05, 0.1) is 18.0 Å². The molecule has 0 aromatic carbocycles. The molecule has 0 spiro atoms. The van der Waals surface area contributed by atoms with Crippen molar-refractivity contribution in [1.82, 2.24) is 15.0 Å². The van der Waals surface area contributed by atoms with Crippen LogP contribution in [0.1, 0.15) is 18.0 Å². The molecule has 1 saturated heterocycles. The third-order valence-corrected chi connectivity index (χ3v) is 3.53.